The molecular weight excluding hydrogens is 440 g/mol. The molecule has 0 aliphatic heterocycles. The lowest BCUT2D eigenvalue weighted by atomic mass is 9.49. The minimum Gasteiger partial charge on any atom is -0.387 e. The van der Waals surface area contributed by atoms with Gasteiger partial charge in [-0.15, -0.1) is 11.3 Å². The zero-order valence-electron chi connectivity index (χ0n) is 20.1. The number of thiophene rings is 1. The van der Waals surface area contributed by atoms with Crippen LogP contribution in [0.15, 0.2) is 48.5 Å². The first kappa shape index (κ1) is 22.3. The van der Waals surface area contributed by atoms with Crippen LogP contribution in [0.5, 0.6) is 0 Å². The molecule has 4 saturated carbocycles. The van der Waals surface area contributed by atoms with Gasteiger partial charge in [0.2, 0.25) is 5.91 Å². The summed E-state index contributed by atoms with van der Waals surface area (Å²) in [4.78, 5) is 16.9. The van der Waals surface area contributed by atoms with E-state index in [9.17, 15) is 9.90 Å². The summed E-state index contributed by atoms with van der Waals surface area (Å²) in [7, 11) is 3.93. The molecule has 1 amide bonds. The van der Waals surface area contributed by atoms with Gasteiger partial charge in [-0.1, -0.05) is 36.4 Å². The average molecular weight is 475 g/mol. The van der Waals surface area contributed by atoms with E-state index in [1.54, 1.807) is 11.3 Å². The monoisotopic (exact) mass is 474 g/mol. The second kappa shape index (κ2) is 8.47. The number of benzene rings is 2. The van der Waals surface area contributed by atoms with Crippen LogP contribution in [0.2, 0.25) is 0 Å². The molecule has 4 fully saturated rings. The van der Waals surface area contributed by atoms with Crippen LogP contribution in [0.4, 0.5) is 5.00 Å². The Balaban J connectivity index is 1.33. The van der Waals surface area contributed by atoms with Gasteiger partial charge in [0.1, 0.15) is 5.00 Å². The fourth-order valence-electron chi connectivity index (χ4n) is 7.30. The van der Waals surface area contributed by atoms with Gasteiger partial charge in [0.15, 0.2) is 0 Å². The fourth-order valence-corrected chi connectivity index (χ4v) is 8.41. The van der Waals surface area contributed by atoms with Crippen molar-refractivity contribution in [1.82, 2.24) is 4.90 Å². The van der Waals surface area contributed by atoms with Gasteiger partial charge in [0.25, 0.3) is 0 Å². The topological polar surface area (TPSA) is 52.6 Å². The third-order valence-corrected chi connectivity index (χ3v) is 9.55. The molecule has 1 aromatic heterocycles. The van der Waals surface area contributed by atoms with Crippen LogP contribution in [-0.4, -0.2) is 36.6 Å². The summed E-state index contributed by atoms with van der Waals surface area (Å²) in [6.45, 7) is 0.522. The number of carbonyl (C=O) groups is 1. The number of likely N-dealkylation sites (N-methyl/N-ethyl adjacent to an activating group) is 1. The molecule has 4 aliphatic rings. The number of aliphatic hydroxyl groups is 1. The second-order valence-corrected chi connectivity index (χ2v) is 12.4. The first-order valence-corrected chi connectivity index (χ1v) is 13.5. The maximum Gasteiger partial charge on any atom is 0.231 e. The molecule has 4 aliphatic carbocycles. The molecule has 2 N–H and O–H groups in total. The van der Waals surface area contributed by atoms with Crippen LogP contribution in [0.3, 0.4) is 0 Å². The normalized spacial score (nSPS) is 28.5. The van der Waals surface area contributed by atoms with E-state index in [4.69, 9.17) is 0 Å². The molecular formula is C29H34N2O2S. The first-order chi connectivity index (χ1) is 16.4. The molecule has 0 spiro atoms. The molecule has 1 heterocycles. The zero-order valence-corrected chi connectivity index (χ0v) is 20.9. The van der Waals surface area contributed by atoms with Crippen molar-refractivity contribution in [2.45, 2.75) is 44.6 Å². The number of hydrogen-bond acceptors (Lipinski definition) is 4. The highest BCUT2D eigenvalue weighted by Crippen LogP contribution is 2.60. The third kappa shape index (κ3) is 3.98. The van der Waals surface area contributed by atoms with Crippen molar-refractivity contribution in [3.63, 3.8) is 0 Å². The fraction of sp³-hybridized carbons (Fsp3) is 0.483. The molecule has 178 valence electrons. The van der Waals surface area contributed by atoms with Crippen LogP contribution < -0.4 is 5.32 Å². The summed E-state index contributed by atoms with van der Waals surface area (Å²) < 4.78 is 0. The lowest BCUT2D eigenvalue weighted by Crippen LogP contribution is -2.51. The zero-order chi connectivity index (χ0) is 23.4. The van der Waals surface area contributed by atoms with Crippen molar-refractivity contribution in [1.29, 1.82) is 0 Å². The van der Waals surface area contributed by atoms with Gasteiger partial charge in [-0.05, 0) is 98.8 Å². The highest BCUT2D eigenvalue weighted by molar-refractivity contribution is 7.19. The minimum atomic E-state index is -0.646. The van der Waals surface area contributed by atoms with E-state index in [1.165, 1.54) is 30.0 Å². The number of carbonyl (C=O) groups excluding carboxylic acids is 1. The number of amides is 1. The Morgan fingerprint density at radius 2 is 1.68 bits per heavy atom. The Hall–Kier alpha value is -2.21. The maximum absolute atomic E-state index is 13.8. The summed E-state index contributed by atoms with van der Waals surface area (Å²) in [6.07, 6.45) is 6.46. The SMILES string of the molecule is CN(C)CC(O)c1cc(-c2ccc3ccccc3c2)sc1NC(=O)C12CC3CC(CC(C3)C1)C2. The van der Waals surface area contributed by atoms with E-state index in [-0.39, 0.29) is 11.3 Å². The summed E-state index contributed by atoms with van der Waals surface area (Å²) >= 11 is 1.60. The summed E-state index contributed by atoms with van der Waals surface area (Å²) in [6, 6.07) is 16.9. The molecule has 4 bridgehead atoms. The van der Waals surface area contributed by atoms with Crippen molar-refractivity contribution in [2.75, 3.05) is 26.0 Å². The number of nitrogens with zero attached hydrogens (tertiary/aromatic N) is 1. The minimum absolute atomic E-state index is 0.191. The van der Waals surface area contributed by atoms with E-state index in [0.29, 0.717) is 6.54 Å². The molecule has 1 unspecified atom stereocenters. The molecule has 34 heavy (non-hydrogen) atoms. The van der Waals surface area contributed by atoms with Gasteiger partial charge >= 0.3 is 0 Å². The largest absolute Gasteiger partial charge is 0.387 e. The standard InChI is InChI=1S/C29H34N2O2S/c1-31(2)17-25(32)24-13-26(23-8-7-21-5-3-4-6-22(21)12-23)34-27(24)30-28(33)29-14-18-9-19(15-29)11-20(10-18)16-29/h3-8,12-13,18-20,25,32H,9-11,14-17H2,1-2H3,(H,30,33). The molecule has 5 heteroatoms. The van der Waals surface area contributed by atoms with Gasteiger partial charge in [-0.25, -0.2) is 0 Å². The van der Waals surface area contributed by atoms with Crippen molar-refractivity contribution < 1.29 is 9.90 Å². The van der Waals surface area contributed by atoms with Crippen LogP contribution in [0.25, 0.3) is 21.2 Å². The van der Waals surface area contributed by atoms with E-state index in [0.717, 1.165) is 58.0 Å². The highest BCUT2D eigenvalue weighted by atomic mass is 32.1. The Kier molecular flexibility index (Phi) is 5.55. The van der Waals surface area contributed by atoms with Crippen LogP contribution in [-0.2, 0) is 4.79 Å². The second-order valence-electron chi connectivity index (χ2n) is 11.4. The Labute approximate surface area is 206 Å². The number of fused-ring (bicyclic) bond motifs is 1. The van der Waals surface area contributed by atoms with E-state index >= 15 is 0 Å². The quantitative estimate of drug-likeness (QED) is 0.440. The molecule has 0 radical (unpaired) electrons. The number of aliphatic hydroxyl groups excluding tert-OH is 1. The van der Waals surface area contributed by atoms with Crippen molar-refractivity contribution in [3.05, 3.63) is 54.1 Å². The van der Waals surface area contributed by atoms with Crippen molar-refractivity contribution in [2.24, 2.45) is 23.2 Å². The molecule has 7 rings (SSSR count). The molecule has 3 aromatic rings. The lowest BCUT2D eigenvalue weighted by Gasteiger charge is -2.55. The van der Waals surface area contributed by atoms with Gasteiger partial charge in [-0.2, -0.15) is 0 Å². The summed E-state index contributed by atoms with van der Waals surface area (Å²) in [5.41, 5.74) is 1.75. The molecule has 2 aromatic carbocycles. The number of rotatable bonds is 6. The number of hydrogen-bond donors (Lipinski definition) is 2. The highest BCUT2D eigenvalue weighted by Gasteiger charge is 2.54. The number of anilines is 1. The van der Waals surface area contributed by atoms with Crippen molar-refractivity contribution in [3.8, 4) is 10.4 Å². The average Bonchev–Trinajstić information content (AvgIpc) is 3.21. The third-order valence-electron chi connectivity index (χ3n) is 8.44. The van der Waals surface area contributed by atoms with Gasteiger partial charge in [0, 0.05) is 17.0 Å². The maximum atomic E-state index is 13.8. The van der Waals surface area contributed by atoms with Crippen LogP contribution in [0, 0.1) is 23.2 Å². The van der Waals surface area contributed by atoms with E-state index in [2.05, 4.69) is 53.8 Å². The van der Waals surface area contributed by atoms with Gasteiger partial charge < -0.3 is 15.3 Å². The molecule has 0 saturated heterocycles. The van der Waals surface area contributed by atoms with E-state index < -0.39 is 6.10 Å². The van der Waals surface area contributed by atoms with E-state index in [1.807, 2.05) is 19.0 Å². The Bertz CT molecular complexity index is 1190. The molecule has 4 nitrogen and oxygen atoms in total. The smallest absolute Gasteiger partial charge is 0.231 e. The van der Waals surface area contributed by atoms with Gasteiger partial charge in [-0.3, -0.25) is 4.79 Å². The lowest BCUT2D eigenvalue weighted by molar-refractivity contribution is -0.140. The van der Waals surface area contributed by atoms with Crippen molar-refractivity contribution >= 4 is 33.0 Å². The number of nitrogens with one attached hydrogen (secondary N) is 1. The predicted molar refractivity (Wildman–Crippen MR) is 140 cm³/mol. The van der Waals surface area contributed by atoms with Gasteiger partial charge in [0.05, 0.1) is 11.5 Å². The van der Waals surface area contributed by atoms with Crippen LogP contribution >= 0.6 is 11.3 Å². The van der Waals surface area contributed by atoms with Crippen LogP contribution in [0.1, 0.15) is 50.2 Å². The molecule has 1 atom stereocenters. The first-order valence-electron chi connectivity index (χ1n) is 12.7. The predicted octanol–water partition coefficient (Wildman–Crippen LogP) is 6.32. The Morgan fingerprint density at radius 1 is 1.03 bits per heavy atom. The summed E-state index contributed by atoms with van der Waals surface area (Å²) in [5, 5.41) is 17.6. The Morgan fingerprint density at radius 3 is 2.32 bits per heavy atom. The summed E-state index contributed by atoms with van der Waals surface area (Å²) in [5.74, 6) is 2.38.